The van der Waals surface area contributed by atoms with Crippen LogP contribution in [0.5, 0.6) is 0 Å². The third-order valence-electron chi connectivity index (χ3n) is 7.07. The second kappa shape index (κ2) is 11.0. The molecule has 2 saturated heterocycles. The molecule has 2 aliphatic heterocycles. The van der Waals surface area contributed by atoms with Gasteiger partial charge in [0.2, 0.25) is 0 Å². The molecule has 0 bridgehead atoms. The lowest BCUT2D eigenvalue weighted by atomic mass is 10.1. The number of nitrogens with one attached hydrogen (secondary N) is 1. The van der Waals surface area contributed by atoms with Crippen molar-refractivity contribution in [3.8, 4) is 0 Å². The summed E-state index contributed by atoms with van der Waals surface area (Å²) in [4.78, 5) is 39.5. The number of hydrogen-bond acceptors (Lipinski definition) is 5. The van der Waals surface area contributed by atoms with Crippen LogP contribution in [0.2, 0.25) is 0 Å². The Morgan fingerprint density at radius 1 is 0.944 bits per heavy atom. The summed E-state index contributed by atoms with van der Waals surface area (Å²) in [6.07, 6.45) is 7.32. The van der Waals surface area contributed by atoms with Crippen molar-refractivity contribution in [1.82, 2.24) is 19.8 Å². The first kappa shape index (κ1) is 24.1. The average molecular weight is 484 g/mol. The number of hydrogen-bond donors (Lipinski definition) is 1. The summed E-state index contributed by atoms with van der Waals surface area (Å²) in [5.41, 5.74) is 4.03. The van der Waals surface area contributed by atoms with Gasteiger partial charge in [-0.2, -0.15) is 0 Å². The molecule has 1 unspecified atom stereocenters. The van der Waals surface area contributed by atoms with Crippen LogP contribution in [0.1, 0.15) is 75.8 Å². The highest BCUT2D eigenvalue weighted by molar-refractivity contribution is 6.02. The molecule has 1 atom stereocenters. The van der Waals surface area contributed by atoms with Gasteiger partial charge in [-0.15, -0.1) is 0 Å². The van der Waals surface area contributed by atoms with E-state index in [1.165, 1.54) is 24.8 Å². The fourth-order valence-electron chi connectivity index (χ4n) is 5.10. The van der Waals surface area contributed by atoms with E-state index >= 15 is 0 Å². The standard InChI is InChI=1S/C29H33N5O2/c1-21-10-15-27(30-19-21)32-28(35)25-8-5-7-24(31-25)26-9-6-18-34(26)29(36)23-13-11-22(12-14-23)20-33-16-3-2-4-17-33/h5,7-8,10-15,19,26H,2-4,6,9,16-18,20H2,1H3,(H,30,32,35). The van der Waals surface area contributed by atoms with Crippen molar-refractivity contribution in [2.45, 2.75) is 51.6 Å². The molecule has 7 nitrogen and oxygen atoms in total. The number of nitrogens with zero attached hydrogens (tertiary/aromatic N) is 4. The van der Waals surface area contributed by atoms with E-state index in [0.29, 0.717) is 23.6 Å². The molecule has 0 radical (unpaired) electrons. The molecule has 3 aromatic rings. The van der Waals surface area contributed by atoms with Gasteiger partial charge in [0, 0.05) is 24.8 Å². The lowest BCUT2D eigenvalue weighted by Crippen LogP contribution is -2.31. The second-order valence-electron chi connectivity index (χ2n) is 9.81. The minimum absolute atomic E-state index is 0.0162. The number of anilines is 1. The molecule has 7 heteroatoms. The monoisotopic (exact) mass is 483 g/mol. The average Bonchev–Trinajstić information content (AvgIpc) is 3.41. The predicted octanol–water partition coefficient (Wildman–Crippen LogP) is 5.00. The van der Waals surface area contributed by atoms with Crippen molar-refractivity contribution in [2.24, 2.45) is 0 Å². The molecule has 186 valence electrons. The summed E-state index contributed by atoms with van der Waals surface area (Å²) in [5, 5.41) is 2.80. The van der Waals surface area contributed by atoms with Crippen LogP contribution in [0, 0.1) is 6.92 Å². The number of likely N-dealkylation sites (tertiary alicyclic amines) is 2. The molecular formula is C29H33N5O2. The maximum atomic E-state index is 13.4. The Balaban J connectivity index is 1.26. The minimum atomic E-state index is -0.312. The molecule has 0 saturated carbocycles. The van der Waals surface area contributed by atoms with Gasteiger partial charge in [-0.1, -0.05) is 30.7 Å². The topological polar surface area (TPSA) is 78.4 Å². The lowest BCUT2D eigenvalue weighted by molar-refractivity contribution is 0.0733. The number of carbonyl (C=O) groups is 2. The van der Waals surface area contributed by atoms with Crippen LogP contribution < -0.4 is 5.32 Å². The highest BCUT2D eigenvalue weighted by atomic mass is 16.2. The van der Waals surface area contributed by atoms with Gasteiger partial charge in [0.1, 0.15) is 11.5 Å². The van der Waals surface area contributed by atoms with E-state index in [2.05, 4.69) is 32.3 Å². The third kappa shape index (κ3) is 5.62. The van der Waals surface area contributed by atoms with E-state index < -0.39 is 0 Å². The minimum Gasteiger partial charge on any atom is -0.330 e. The molecule has 2 fully saturated rings. The zero-order chi connectivity index (χ0) is 24.9. The Labute approximate surface area is 212 Å². The smallest absolute Gasteiger partial charge is 0.275 e. The highest BCUT2D eigenvalue weighted by Gasteiger charge is 2.32. The Kier molecular flexibility index (Phi) is 7.37. The predicted molar refractivity (Wildman–Crippen MR) is 140 cm³/mol. The molecule has 0 aliphatic carbocycles. The molecular weight excluding hydrogens is 450 g/mol. The molecule has 2 aromatic heterocycles. The summed E-state index contributed by atoms with van der Waals surface area (Å²) in [6, 6.07) is 17.0. The van der Waals surface area contributed by atoms with Crippen LogP contribution in [-0.4, -0.2) is 51.2 Å². The number of pyridine rings is 2. The van der Waals surface area contributed by atoms with E-state index in [4.69, 9.17) is 0 Å². The lowest BCUT2D eigenvalue weighted by Gasteiger charge is -2.27. The summed E-state index contributed by atoms with van der Waals surface area (Å²) in [7, 11) is 0. The highest BCUT2D eigenvalue weighted by Crippen LogP contribution is 2.32. The molecule has 1 aromatic carbocycles. The van der Waals surface area contributed by atoms with Crippen molar-refractivity contribution in [2.75, 3.05) is 25.0 Å². The number of aromatic nitrogens is 2. The van der Waals surface area contributed by atoms with Crippen LogP contribution in [0.4, 0.5) is 5.82 Å². The van der Waals surface area contributed by atoms with Crippen molar-refractivity contribution in [3.63, 3.8) is 0 Å². The molecule has 2 amide bonds. The first-order chi connectivity index (χ1) is 17.6. The molecule has 1 N–H and O–H groups in total. The Morgan fingerprint density at radius 2 is 1.75 bits per heavy atom. The van der Waals surface area contributed by atoms with Gasteiger partial charge in [0.15, 0.2) is 0 Å². The van der Waals surface area contributed by atoms with Gasteiger partial charge in [-0.3, -0.25) is 14.5 Å². The summed E-state index contributed by atoms with van der Waals surface area (Å²) in [6.45, 7) is 5.88. The summed E-state index contributed by atoms with van der Waals surface area (Å²) in [5.74, 6) is 0.190. The van der Waals surface area contributed by atoms with Crippen molar-refractivity contribution >= 4 is 17.6 Å². The SMILES string of the molecule is Cc1ccc(NC(=O)c2cccc(C3CCCN3C(=O)c3ccc(CN4CCCCC4)cc3)n2)nc1. The fourth-order valence-corrected chi connectivity index (χ4v) is 5.10. The van der Waals surface area contributed by atoms with Crippen molar-refractivity contribution < 1.29 is 9.59 Å². The maximum absolute atomic E-state index is 13.4. The molecule has 2 aliphatic rings. The molecule has 4 heterocycles. The Hall–Kier alpha value is -3.58. The zero-order valence-corrected chi connectivity index (χ0v) is 20.8. The largest absolute Gasteiger partial charge is 0.330 e. The van der Waals surface area contributed by atoms with E-state index in [1.54, 1.807) is 18.3 Å². The van der Waals surface area contributed by atoms with Gasteiger partial charge < -0.3 is 10.2 Å². The Bertz CT molecular complexity index is 1200. The van der Waals surface area contributed by atoms with Gasteiger partial charge in [-0.05, 0) is 87.2 Å². The second-order valence-corrected chi connectivity index (χ2v) is 9.81. The molecule has 0 spiro atoms. The van der Waals surface area contributed by atoms with Gasteiger partial charge in [-0.25, -0.2) is 9.97 Å². The van der Waals surface area contributed by atoms with Gasteiger partial charge >= 0.3 is 0 Å². The molecule has 5 rings (SSSR count). The summed E-state index contributed by atoms with van der Waals surface area (Å²) >= 11 is 0. The zero-order valence-electron chi connectivity index (χ0n) is 20.8. The maximum Gasteiger partial charge on any atom is 0.275 e. The third-order valence-corrected chi connectivity index (χ3v) is 7.07. The Morgan fingerprint density at radius 3 is 2.50 bits per heavy atom. The number of rotatable bonds is 6. The quantitative estimate of drug-likeness (QED) is 0.534. The van der Waals surface area contributed by atoms with E-state index in [1.807, 2.05) is 42.2 Å². The summed E-state index contributed by atoms with van der Waals surface area (Å²) < 4.78 is 0. The number of carbonyl (C=O) groups excluding carboxylic acids is 2. The fraction of sp³-hybridized carbons (Fsp3) is 0.379. The molecule has 36 heavy (non-hydrogen) atoms. The van der Waals surface area contributed by atoms with Gasteiger partial charge in [0.05, 0.1) is 11.7 Å². The van der Waals surface area contributed by atoms with Crippen LogP contribution in [0.3, 0.4) is 0 Å². The van der Waals surface area contributed by atoms with Crippen LogP contribution in [-0.2, 0) is 6.54 Å². The van der Waals surface area contributed by atoms with Crippen molar-refractivity contribution in [1.29, 1.82) is 0 Å². The van der Waals surface area contributed by atoms with E-state index in [-0.39, 0.29) is 17.9 Å². The number of amides is 2. The first-order valence-electron chi connectivity index (χ1n) is 12.9. The van der Waals surface area contributed by atoms with E-state index in [0.717, 1.165) is 43.7 Å². The normalized spacial score (nSPS) is 18.2. The van der Waals surface area contributed by atoms with Gasteiger partial charge in [0.25, 0.3) is 11.8 Å². The number of benzene rings is 1. The first-order valence-corrected chi connectivity index (χ1v) is 12.9. The van der Waals surface area contributed by atoms with Crippen molar-refractivity contribution in [3.05, 3.63) is 88.9 Å². The van der Waals surface area contributed by atoms with Crippen LogP contribution in [0.15, 0.2) is 60.8 Å². The van der Waals surface area contributed by atoms with Crippen LogP contribution in [0.25, 0.3) is 0 Å². The van der Waals surface area contributed by atoms with E-state index in [9.17, 15) is 9.59 Å². The number of piperidine rings is 1. The van der Waals surface area contributed by atoms with Crippen LogP contribution >= 0.6 is 0 Å². The number of aryl methyl sites for hydroxylation is 1.